The molecule has 134 valence electrons. The van der Waals surface area contributed by atoms with Gasteiger partial charge >= 0.3 is 6.18 Å². The molecule has 1 unspecified atom stereocenters. The van der Waals surface area contributed by atoms with Gasteiger partial charge in [0, 0.05) is 26.2 Å². The smallest absolute Gasteiger partial charge is 0.368 e. The Balaban J connectivity index is 2.24. The van der Waals surface area contributed by atoms with Crippen molar-refractivity contribution in [2.45, 2.75) is 24.0 Å². The second-order valence-electron chi connectivity index (χ2n) is 5.51. The zero-order valence-electron chi connectivity index (χ0n) is 13.0. The molecule has 1 aliphatic heterocycles. The summed E-state index contributed by atoms with van der Waals surface area (Å²) in [6.07, 6.45) is -4.76. The molecule has 2 N–H and O–H groups in total. The average Bonchev–Trinajstić information content (AvgIpc) is 2.53. The molecule has 1 amide bonds. The predicted molar refractivity (Wildman–Crippen MR) is 80.4 cm³/mol. The fraction of sp³-hybridized carbons (Fsp3) is 0.500. The highest BCUT2D eigenvalue weighted by atomic mass is 32.2. The fourth-order valence-corrected chi connectivity index (χ4v) is 4.21. The number of primary amides is 1. The highest BCUT2D eigenvalue weighted by Crippen LogP contribution is 2.35. The van der Waals surface area contributed by atoms with Crippen LogP contribution in [-0.2, 0) is 21.0 Å². The lowest BCUT2D eigenvalue weighted by molar-refractivity contribution is -0.140. The first-order valence-electron chi connectivity index (χ1n) is 7.25. The van der Waals surface area contributed by atoms with Crippen molar-refractivity contribution in [3.05, 3.63) is 29.8 Å². The van der Waals surface area contributed by atoms with E-state index in [1.165, 1.54) is 6.07 Å². The van der Waals surface area contributed by atoms with Crippen LogP contribution < -0.4 is 5.73 Å². The maximum atomic E-state index is 13.1. The Labute approximate surface area is 138 Å². The third-order valence-electron chi connectivity index (χ3n) is 4.04. The van der Waals surface area contributed by atoms with Crippen molar-refractivity contribution in [1.82, 2.24) is 9.21 Å². The van der Waals surface area contributed by atoms with Crippen LogP contribution in [0.5, 0.6) is 0 Å². The number of hydrogen-bond acceptors (Lipinski definition) is 4. The van der Waals surface area contributed by atoms with Crippen LogP contribution in [0.2, 0.25) is 0 Å². The highest BCUT2D eigenvalue weighted by Gasteiger charge is 2.39. The lowest BCUT2D eigenvalue weighted by Crippen LogP contribution is -2.54. The van der Waals surface area contributed by atoms with E-state index < -0.39 is 38.6 Å². The number of carbonyl (C=O) groups excluding carboxylic acids is 1. The molecule has 0 spiro atoms. The Morgan fingerprint density at radius 3 is 2.21 bits per heavy atom. The molecule has 1 aromatic carbocycles. The molecule has 1 fully saturated rings. The Morgan fingerprint density at radius 2 is 1.71 bits per heavy atom. The number of benzene rings is 1. The van der Waals surface area contributed by atoms with Gasteiger partial charge in [-0.2, -0.15) is 17.5 Å². The molecule has 1 atom stereocenters. The SMILES string of the molecule is CC(C(N)=O)N1CCN(S(=O)(=O)c2ccccc2C(F)(F)F)CC1. The summed E-state index contributed by atoms with van der Waals surface area (Å²) in [5, 5.41) is 0. The zero-order valence-corrected chi connectivity index (χ0v) is 13.8. The van der Waals surface area contributed by atoms with Gasteiger partial charge in [-0.1, -0.05) is 12.1 Å². The molecule has 0 aromatic heterocycles. The number of amides is 1. The molecule has 0 saturated carbocycles. The van der Waals surface area contributed by atoms with Crippen molar-refractivity contribution in [1.29, 1.82) is 0 Å². The molecular formula is C14H18F3N3O3S. The average molecular weight is 365 g/mol. The summed E-state index contributed by atoms with van der Waals surface area (Å²) in [7, 11) is -4.27. The van der Waals surface area contributed by atoms with Crippen molar-refractivity contribution in [2.24, 2.45) is 5.73 Å². The highest BCUT2D eigenvalue weighted by molar-refractivity contribution is 7.89. The Hall–Kier alpha value is -1.65. The minimum Gasteiger partial charge on any atom is -0.368 e. The molecule has 0 radical (unpaired) electrons. The number of sulfonamides is 1. The number of rotatable bonds is 4. The number of nitrogens with two attached hydrogens (primary N) is 1. The molecule has 10 heteroatoms. The molecule has 6 nitrogen and oxygen atoms in total. The summed E-state index contributed by atoms with van der Waals surface area (Å²) < 4.78 is 65.3. The Morgan fingerprint density at radius 1 is 1.17 bits per heavy atom. The standard InChI is InChI=1S/C14H18F3N3O3S/c1-10(13(18)21)19-6-8-20(9-7-19)24(22,23)12-5-3-2-4-11(12)14(15,16)17/h2-5,10H,6-9H2,1H3,(H2,18,21). The van der Waals surface area contributed by atoms with Crippen LogP contribution in [0.1, 0.15) is 12.5 Å². The second-order valence-corrected chi connectivity index (χ2v) is 7.42. The van der Waals surface area contributed by atoms with Crippen LogP contribution in [0, 0.1) is 0 Å². The van der Waals surface area contributed by atoms with Crippen molar-refractivity contribution < 1.29 is 26.4 Å². The minimum atomic E-state index is -4.76. The molecule has 0 bridgehead atoms. The van der Waals surface area contributed by atoms with Gasteiger partial charge in [-0.25, -0.2) is 8.42 Å². The van der Waals surface area contributed by atoms with Gasteiger partial charge in [0.05, 0.1) is 16.5 Å². The van der Waals surface area contributed by atoms with Crippen LogP contribution in [0.4, 0.5) is 13.2 Å². The first-order valence-corrected chi connectivity index (χ1v) is 8.69. The number of hydrogen-bond donors (Lipinski definition) is 1. The molecule has 2 rings (SSSR count). The van der Waals surface area contributed by atoms with Crippen LogP contribution in [0.25, 0.3) is 0 Å². The van der Waals surface area contributed by atoms with Crippen molar-refractivity contribution in [2.75, 3.05) is 26.2 Å². The number of alkyl halides is 3. The van der Waals surface area contributed by atoms with Gasteiger partial charge < -0.3 is 5.73 Å². The van der Waals surface area contributed by atoms with E-state index >= 15 is 0 Å². The van der Waals surface area contributed by atoms with Gasteiger partial charge in [0.25, 0.3) is 0 Å². The summed E-state index contributed by atoms with van der Waals surface area (Å²) in [6.45, 7) is 2.03. The molecule has 1 aliphatic rings. The van der Waals surface area contributed by atoms with Gasteiger partial charge in [0.15, 0.2) is 0 Å². The molecule has 1 aromatic rings. The van der Waals surface area contributed by atoms with E-state index in [0.717, 1.165) is 22.5 Å². The van der Waals surface area contributed by atoms with Crippen LogP contribution in [0.3, 0.4) is 0 Å². The molecule has 0 aliphatic carbocycles. The first kappa shape index (κ1) is 18.7. The predicted octanol–water partition coefficient (Wildman–Crippen LogP) is 0.886. The van der Waals surface area contributed by atoms with Crippen LogP contribution >= 0.6 is 0 Å². The van der Waals surface area contributed by atoms with Crippen LogP contribution in [-0.4, -0.2) is 55.8 Å². The molecular weight excluding hydrogens is 347 g/mol. The third-order valence-corrected chi connectivity index (χ3v) is 6.00. The largest absolute Gasteiger partial charge is 0.417 e. The van der Waals surface area contributed by atoms with Crippen molar-refractivity contribution in [3.8, 4) is 0 Å². The summed E-state index contributed by atoms with van der Waals surface area (Å²) in [4.78, 5) is 12.1. The lowest BCUT2D eigenvalue weighted by Gasteiger charge is -2.36. The summed E-state index contributed by atoms with van der Waals surface area (Å²) >= 11 is 0. The van der Waals surface area contributed by atoms with E-state index in [1.54, 1.807) is 11.8 Å². The maximum absolute atomic E-state index is 13.1. The summed E-state index contributed by atoms with van der Waals surface area (Å²) in [6, 6.07) is 3.55. The van der Waals surface area contributed by atoms with Crippen LogP contribution in [0.15, 0.2) is 29.2 Å². The monoisotopic (exact) mass is 365 g/mol. The third kappa shape index (κ3) is 3.70. The first-order chi connectivity index (χ1) is 11.0. The summed E-state index contributed by atoms with van der Waals surface area (Å²) in [5.41, 5.74) is 4.03. The maximum Gasteiger partial charge on any atom is 0.417 e. The van der Waals surface area contributed by atoms with Gasteiger partial charge in [0.1, 0.15) is 0 Å². The molecule has 1 saturated heterocycles. The number of piperazine rings is 1. The lowest BCUT2D eigenvalue weighted by atomic mass is 10.2. The number of nitrogens with zero attached hydrogens (tertiary/aromatic N) is 2. The Bertz CT molecular complexity index is 713. The second kappa shape index (κ2) is 6.69. The van der Waals surface area contributed by atoms with E-state index in [2.05, 4.69) is 0 Å². The molecule has 1 heterocycles. The van der Waals surface area contributed by atoms with Crippen molar-refractivity contribution >= 4 is 15.9 Å². The van der Waals surface area contributed by atoms with Crippen molar-refractivity contribution in [3.63, 3.8) is 0 Å². The quantitative estimate of drug-likeness (QED) is 0.859. The molecule has 24 heavy (non-hydrogen) atoms. The topological polar surface area (TPSA) is 83.7 Å². The minimum absolute atomic E-state index is 0.00779. The fourth-order valence-electron chi connectivity index (χ4n) is 2.58. The number of halogens is 3. The normalized spacial score (nSPS) is 19.2. The van der Waals surface area contributed by atoms with Gasteiger partial charge in [-0.05, 0) is 19.1 Å². The summed E-state index contributed by atoms with van der Waals surface area (Å²) in [5.74, 6) is -0.534. The van der Waals surface area contributed by atoms with Gasteiger partial charge in [0.2, 0.25) is 15.9 Å². The van der Waals surface area contributed by atoms with E-state index in [-0.39, 0.29) is 26.2 Å². The van der Waals surface area contributed by atoms with E-state index in [1.807, 2.05) is 0 Å². The van der Waals surface area contributed by atoms with E-state index in [9.17, 15) is 26.4 Å². The number of carbonyl (C=O) groups is 1. The zero-order chi connectivity index (χ0) is 18.1. The van der Waals surface area contributed by atoms with Gasteiger partial charge in [-0.15, -0.1) is 0 Å². The Kier molecular flexibility index (Phi) is 5.21. The van der Waals surface area contributed by atoms with E-state index in [4.69, 9.17) is 5.73 Å². The van der Waals surface area contributed by atoms with Gasteiger partial charge in [-0.3, -0.25) is 9.69 Å². The van der Waals surface area contributed by atoms with E-state index in [0.29, 0.717) is 0 Å².